The molecule has 2 aliphatic rings. The first-order valence-electron chi connectivity index (χ1n) is 11.2. The fourth-order valence-corrected chi connectivity index (χ4v) is 4.58. The molecule has 1 atom stereocenters. The zero-order chi connectivity index (χ0) is 22.7. The Morgan fingerprint density at radius 1 is 1.03 bits per heavy atom. The minimum Gasteiger partial charge on any atom is -0.349 e. The second-order valence-corrected chi connectivity index (χ2v) is 9.15. The van der Waals surface area contributed by atoms with E-state index in [0.29, 0.717) is 22.8 Å². The molecule has 4 rings (SSSR count). The number of hydrogen-bond donors (Lipinski definition) is 2. The van der Waals surface area contributed by atoms with Crippen molar-refractivity contribution in [2.75, 3.05) is 16.8 Å². The summed E-state index contributed by atoms with van der Waals surface area (Å²) in [4.78, 5) is 39.5. The molecule has 1 saturated heterocycles. The molecule has 3 amide bonds. The van der Waals surface area contributed by atoms with Crippen LogP contribution in [-0.4, -0.2) is 30.3 Å². The lowest BCUT2D eigenvalue weighted by molar-refractivity contribution is -0.122. The number of carbonyl (C=O) groups excluding carboxylic acids is 3. The predicted octanol–water partition coefficient (Wildman–Crippen LogP) is 4.70. The average molecular weight is 454 g/mol. The van der Waals surface area contributed by atoms with Gasteiger partial charge in [0.25, 0.3) is 5.91 Å². The summed E-state index contributed by atoms with van der Waals surface area (Å²) in [5.74, 6) is -0.791. The van der Waals surface area contributed by atoms with Crippen molar-refractivity contribution >= 4 is 40.7 Å². The molecule has 2 N–H and O–H groups in total. The molecule has 2 aromatic carbocycles. The number of benzene rings is 2. The SMILES string of the molecule is Cc1cc(C(=O)NC2CCCCC2)ccc1NC(=O)C1CC(=O)N(c2ccc(Cl)cc2)C1. The van der Waals surface area contributed by atoms with Gasteiger partial charge in [-0.3, -0.25) is 14.4 Å². The van der Waals surface area contributed by atoms with Gasteiger partial charge in [0.15, 0.2) is 0 Å². The van der Waals surface area contributed by atoms with Gasteiger partial charge in [-0.05, 0) is 67.8 Å². The van der Waals surface area contributed by atoms with E-state index >= 15 is 0 Å². The Bertz CT molecular complexity index is 1020. The van der Waals surface area contributed by atoms with Gasteiger partial charge < -0.3 is 15.5 Å². The molecule has 168 valence electrons. The normalized spacial score (nSPS) is 19.1. The molecule has 7 heteroatoms. The lowest BCUT2D eigenvalue weighted by Gasteiger charge is -2.23. The maximum Gasteiger partial charge on any atom is 0.251 e. The van der Waals surface area contributed by atoms with Crippen molar-refractivity contribution in [3.8, 4) is 0 Å². The highest BCUT2D eigenvalue weighted by atomic mass is 35.5. The van der Waals surface area contributed by atoms with Crippen LogP contribution >= 0.6 is 11.6 Å². The highest BCUT2D eigenvalue weighted by molar-refractivity contribution is 6.30. The molecule has 0 radical (unpaired) electrons. The van der Waals surface area contributed by atoms with Crippen LogP contribution in [-0.2, 0) is 9.59 Å². The summed E-state index contributed by atoms with van der Waals surface area (Å²) in [5.41, 5.74) is 2.80. The fourth-order valence-electron chi connectivity index (χ4n) is 4.45. The molecule has 1 aliphatic carbocycles. The first-order chi connectivity index (χ1) is 15.4. The van der Waals surface area contributed by atoms with Gasteiger partial charge in [0.1, 0.15) is 0 Å². The van der Waals surface area contributed by atoms with Crippen molar-refractivity contribution in [1.29, 1.82) is 0 Å². The predicted molar refractivity (Wildman–Crippen MR) is 126 cm³/mol. The molecular formula is C25H28ClN3O3. The average Bonchev–Trinajstić information content (AvgIpc) is 3.18. The lowest BCUT2D eigenvalue weighted by atomic mass is 9.95. The minimum atomic E-state index is -0.438. The van der Waals surface area contributed by atoms with Crippen molar-refractivity contribution in [3.05, 3.63) is 58.6 Å². The Hall–Kier alpha value is -2.86. The quantitative estimate of drug-likeness (QED) is 0.688. The molecule has 1 aliphatic heterocycles. The van der Waals surface area contributed by atoms with Crippen molar-refractivity contribution in [3.63, 3.8) is 0 Å². The molecular weight excluding hydrogens is 426 g/mol. The summed E-state index contributed by atoms with van der Waals surface area (Å²) in [6.45, 7) is 2.19. The molecule has 0 spiro atoms. The highest BCUT2D eigenvalue weighted by Gasteiger charge is 2.35. The molecule has 1 heterocycles. The van der Waals surface area contributed by atoms with Gasteiger partial charge >= 0.3 is 0 Å². The highest BCUT2D eigenvalue weighted by Crippen LogP contribution is 2.28. The number of hydrogen-bond acceptors (Lipinski definition) is 3. The van der Waals surface area contributed by atoms with E-state index in [2.05, 4.69) is 10.6 Å². The number of rotatable bonds is 5. The van der Waals surface area contributed by atoms with Crippen LogP contribution in [0.15, 0.2) is 42.5 Å². The van der Waals surface area contributed by atoms with Crippen LogP contribution in [0.25, 0.3) is 0 Å². The summed E-state index contributed by atoms with van der Waals surface area (Å²) in [6, 6.07) is 12.6. The van der Waals surface area contributed by atoms with Crippen molar-refractivity contribution in [1.82, 2.24) is 5.32 Å². The topological polar surface area (TPSA) is 78.5 Å². The zero-order valence-electron chi connectivity index (χ0n) is 18.2. The van der Waals surface area contributed by atoms with E-state index in [4.69, 9.17) is 11.6 Å². The molecule has 2 fully saturated rings. The Balaban J connectivity index is 1.37. The third-order valence-electron chi connectivity index (χ3n) is 6.32. The van der Waals surface area contributed by atoms with Crippen LogP contribution in [0.1, 0.15) is 54.4 Å². The van der Waals surface area contributed by atoms with Gasteiger partial charge in [0, 0.05) is 41.0 Å². The van der Waals surface area contributed by atoms with E-state index in [1.165, 1.54) is 6.42 Å². The monoisotopic (exact) mass is 453 g/mol. The number of aryl methyl sites for hydroxylation is 1. The van der Waals surface area contributed by atoms with Crippen molar-refractivity contribution in [2.45, 2.75) is 51.5 Å². The molecule has 1 saturated carbocycles. The summed E-state index contributed by atoms with van der Waals surface area (Å²) < 4.78 is 0. The van der Waals surface area contributed by atoms with Crippen molar-refractivity contribution < 1.29 is 14.4 Å². The van der Waals surface area contributed by atoms with Crippen LogP contribution < -0.4 is 15.5 Å². The summed E-state index contributed by atoms with van der Waals surface area (Å²) in [6.07, 6.45) is 5.79. The first-order valence-corrected chi connectivity index (χ1v) is 11.6. The smallest absolute Gasteiger partial charge is 0.251 e. The van der Waals surface area contributed by atoms with E-state index in [1.807, 2.05) is 6.92 Å². The molecule has 0 bridgehead atoms. The Morgan fingerprint density at radius 2 is 1.75 bits per heavy atom. The first kappa shape index (κ1) is 22.3. The van der Waals surface area contributed by atoms with E-state index < -0.39 is 5.92 Å². The van der Waals surface area contributed by atoms with Gasteiger partial charge in [-0.15, -0.1) is 0 Å². The van der Waals surface area contributed by atoms with Gasteiger partial charge in [0.05, 0.1) is 5.92 Å². The maximum absolute atomic E-state index is 12.8. The van der Waals surface area contributed by atoms with E-state index in [9.17, 15) is 14.4 Å². The van der Waals surface area contributed by atoms with Gasteiger partial charge in [-0.2, -0.15) is 0 Å². The van der Waals surface area contributed by atoms with E-state index in [0.717, 1.165) is 36.9 Å². The summed E-state index contributed by atoms with van der Waals surface area (Å²) >= 11 is 5.93. The van der Waals surface area contributed by atoms with E-state index in [-0.39, 0.29) is 30.2 Å². The molecule has 32 heavy (non-hydrogen) atoms. The number of carbonyl (C=O) groups is 3. The van der Waals surface area contributed by atoms with Crippen LogP contribution in [0.4, 0.5) is 11.4 Å². The lowest BCUT2D eigenvalue weighted by Crippen LogP contribution is -2.36. The Kier molecular flexibility index (Phi) is 6.80. The molecule has 6 nitrogen and oxygen atoms in total. The number of nitrogens with one attached hydrogen (secondary N) is 2. The summed E-state index contributed by atoms with van der Waals surface area (Å²) in [7, 11) is 0. The van der Waals surface area contributed by atoms with Gasteiger partial charge in [0.2, 0.25) is 11.8 Å². The zero-order valence-corrected chi connectivity index (χ0v) is 19.0. The van der Waals surface area contributed by atoms with E-state index in [1.54, 1.807) is 47.4 Å². The summed E-state index contributed by atoms with van der Waals surface area (Å²) in [5, 5.41) is 6.65. The second kappa shape index (κ2) is 9.74. The molecule has 2 aromatic rings. The van der Waals surface area contributed by atoms with Crippen LogP contribution in [0.2, 0.25) is 5.02 Å². The Morgan fingerprint density at radius 3 is 2.44 bits per heavy atom. The number of nitrogens with zero attached hydrogens (tertiary/aromatic N) is 1. The second-order valence-electron chi connectivity index (χ2n) is 8.71. The third-order valence-corrected chi connectivity index (χ3v) is 6.57. The largest absolute Gasteiger partial charge is 0.349 e. The third kappa shape index (κ3) is 5.13. The number of amides is 3. The fraction of sp³-hybridized carbons (Fsp3) is 0.400. The minimum absolute atomic E-state index is 0.0714. The molecule has 0 aromatic heterocycles. The standard InChI is InChI=1S/C25H28ClN3O3/c1-16-13-17(24(31)27-20-5-3-2-4-6-20)7-12-22(16)28-25(32)18-14-23(30)29(15-18)21-10-8-19(26)9-11-21/h7-13,18,20H,2-6,14-15H2,1H3,(H,27,31)(H,28,32). The van der Waals surface area contributed by atoms with Crippen LogP contribution in [0.3, 0.4) is 0 Å². The Labute approximate surface area is 193 Å². The number of halogens is 1. The van der Waals surface area contributed by atoms with Gasteiger partial charge in [-0.25, -0.2) is 0 Å². The maximum atomic E-state index is 12.8. The number of anilines is 2. The molecule has 1 unspecified atom stereocenters. The van der Waals surface area contributed by atoms with Crippen LogP contribution in [0, 0.1) is 12.8 Å². The van der Waals surface area contributed by atoms with Crippen LogP contribution in [0.5, 0.6) is 0 Å². The van der Waals surface area contributed by atoms with Gasteiger partial charge in [-0.1, -0.05) is 30.9 Å². The van der Waals surface area contributed by atoms with Crippen molar-refractivity contribution in [2.24, 2.45) is 5.92 Å².